The molecule has 2 N–H and O–H groups in total. The number of rotatable bonds is 2. The van der Waals surface area contributed by atoms with Gasteiger partial charge in [0.25, 0.3) is 0 Å². The zero-order chi connectivity index (χ0) is 9.26. The van der Waals surface area contributed by atoms with Gasteiger partial charge in [0.05, 0.1) is 0 Å². The standard InChI is InChI=1S/C9H11NO2S/c11-9(12)8-2-1-7(13-8)6-3-4-10-5-6/h1-2,6,10H,3-5H2,(H,11,12). The van der Waals surface area contributed by atoms with Gasteiger partial charge < -0.3 is 10.4 Å². The molecule has 0 aliphatic carbocycles. The summed E-state index contributed by atoms with van der Waals surface area (Å²) in [5.41, 5.74) is 0. The van der Waals surface area contributed by atoms with Crippen molar-refractivity contribution in [3.63, 3.8) is 0 Å². The van der Waals surface area contributed by atoms with Crippen LogP contribution in [0.15, 0.2) is 12.1 Å². The zero-order valence-electron chi connectivity index (χ0n) is 7.12. The second-order valence-corrected chi connectivity index (χ2v) is 4.31. The van der Waals surface area contributed by atoms with Crippen LogP contribution in [0, 0.1) is 0 Å². The van der Waals surface area contributed by atoms with Gasteiger partial charge in [-0.2, -0.15) is 0 Å². The van der Waals surface area contributed by atoms with Gasteiger partial charge in [0, 0.05) is 17.3 Å². The van der Waals surface area contributed by atoms with E-state index in [1.54, 1.807) is 6.07 Å². The molecule has 2 rings (SSSR count). The molecule has 70 valence electrons. The van der Waals surface area contributed by atoms with Crippen LogP contribution in [-0.2, 0) is 0 Å². The van der Waals surface area contributed by atoms with E-state index in [4.69, 9.17) is 5.11 Å². The minimum atomic E-state index is -0.817. The summed E-state index contributed by atoms with van der Waals surface area (Å²) in [4.78, 5) is 12.3. The Morgan fingerprint density at radius 2 is 2.46 bits per heavy atom. The maximum Gasteiger partial charge on any atom is 0.345 e. The van der Waals surface area contributed by atoms with E-state index in [-0.39, 0.29) is 0 Å². The van der Waals surface area contributed by atoms with Crippen LogP contribution in [0.4, 0.5) is 0 Å². The number of carboxylic acid groups (broad SMARTS) is 1. The summed E-state index contributed by atoms with van der Waals surface area (Å²) in [6.45, 7) is 2.03. The van der Waals surface area contributed by atoms with Crippen LogP contribution in [0.5, 0.6) is 0 Å². The molecule has 0 bridgehead atoms. The summed E-state index contributed by atoms with van der Waals surface area (Å²) < 4.78 is 0. The summed E-state index contributed by atoms with van der Waals surface area (Å²) in [5.74, 6) is -0.291. The molecule has 1 aliphatic rings. The van der Waals surface area contributed by atoms with Crippen molar-refractivity contribution in [3.8, 4) is 0 Å². The lowest BCUT2D eigenvalue weighted by Gasteiger charge is -2.02. The van der Waals surface area contributed by atoms with Crippen LogP contribution < -0.4 is 5.32 Å². The molecule has 1 aromatic rings. The Hall–Kier alpha value is -0.870. The average molecular weight is 197 g/mol. The number of aromatic carboxylic acids is 1. The fourth-order valence-electron chi connectivity index (χ4n) is 1.58. The van der Waals surface area contributed by atoms with Crippen LogP contribution >= 0.6 is 11.3 Å². The predicted octanol–water partition coefficient (Wildman–Crippen LogP) is 1.52. The Kier molecular flexibility index (Phi) is 2.33. The van der Waals surface area contributed by atoms with Crippen molar-refractivity contribution in [1.82, 2.24) is 5.32 Å². The van der Waals surface area contributed by atoms with Gasteiger partial charge in [-0.05, 0) is 25.1 Å². The van der Waals surface area contributed by atoms with Gasteiger partial charge in [-0.25, -0.2) is 4.79 Å². The second-order valence-electron chi connectivity index (χ2n) is 3.20. The first-order valence-corrected chi connectivity index (χ1v) is 5.13. The number of thiophene rings is 1. The van der Waals surface area contributed by atoms with Crippen LogP contribution in [0.3, 0.4) is 0 Å². The quantitative estimate of drug-likeness (QED) is 0.755. The molecule has 13 heavy (non-hydrogen) atoms. The lowest BCUT2D eigenvalue weighted by molar-refractivity contribution is 0.0702. The molecule has 2 heterocycles. The highest BCUT2D eigenvalue weighted by Gasteiger charge is 2.19. The fourth-order valence-corrected chi connectivity index (χ4v) is 2.57. The van der Waals surface area contributed by atoms with Crippen LogP contribution in [0.1, 0.15) is 26.9 Å². The number of hydrogen-bond donors (Lipinski definition) is 2. The molecule has 3 nitrogen and oxygen atoms in total. The Bertz CT molecular complexity index is 315. The van der Waals surface area contributed by atoms with E-state index in [1.165, 1.54) is 16.2 Å². The molecular formula is C9H11NO2S. The van der Waals surface area contributed by atoms with Crippen molar-refractivity contribution < 1.29 is 9.90 Å². The number of carboxylic acids is 1. The maximum absolute atomic E-state index is 10.6. The van der Waals surface area contributed by atoms with Crippen molar-refractivity contribution in [2.75, 3.05) is 13.1 Å². The molecule has 1 saturated heterocycles. The largest absolute Gasteiger partial charge is 0.477 e. The van der Waals surface area contributed by atoms with Crippen LogP contribution in [0.2, 0.25) is 0 Å². The molecule has 0 amide bonds. The zero-order valence-corrected chi connectivity index (χ0v) is 7.93. The van der Waals surface area contributed by atoms with E-state index in [2.05, 4.69) is 5.32 Å². The summed E-state index contributed by atoms with van der Waals surface area (Å²) in [5, 5.41) is 12.0. The highest BCUT2D eigenvalue weighted by atomic mass is 32.1. The third-order valence-corrected chi connectivity index (χ3v) is 3.54. The number of carbonyl (C=O) groups is 1. The van der Waals surface area contributed by atoms with Gasteiger partial charge in [0.1, 0.15) is 4.88 Å². The molecule has 0 aromatic carbocycles. The molecule has 1 unspecified atom stereocenters. The van der Waals surface area contributed by atoms with E-state index in [9.17, 15) is 4.79 Å². The van der Waals surface area contributed by atoms with Gasteiger partial charge in [0.2, 0.25) is 0 Å². The summed E-state index contributed by atoms with van der Waals surface area (Å²) in [6, 6.07) is 3.63. The van der Waals surface area contributed by atoms with E-state index in [1.807, 2.05) is 6.07 Å². The number of hydrogen-bond acceptors (Lipinski definition) is 3. The molecule has 1 aromatic heterocycles. The molecule has 1 fully saturated rings. The molecule has 1 aliphatic heterocycles. The smallest absolute Gasteiger partial charge is 0.345 e. The van der Waals surface area contributed by atoms with Crippen molar-refractivity contribution in [2.45, 2.75) is 12.3 Å². The van der Waals surface area contributed by atoms with Crippen molar-refractivity contribution >= 4 is 17.3 Å². The Morgan fingerprint density at radius 1 is 1.62 bits per heavy atom. The predicted molar refractivity (Wildman–Crippen MR) is 51.5 cm³/mol. The monoisotopic (exact) mass is 197 g/mol. The molecule has 1 atom stereocenters. The van der Waals surface area contributed by atoms with Crippen molar-refractivity contribution in [2.24, 2.45) is 0 Å². The third-order valence-electron chi connectivity index (χ3n) is 2.30. The summed E-state index contributed by atoms with van der Waals surface area (Å²) in [7, 11) is 0. The van der Waals surface area contributed by atoms with Gasteiger partial charge in [0.15, 0.2) is 0 Å². The fraction of sp³-hybridized carbons (Fsp3) is 0.444. The highest BCUT2D eigenvalue weighted by molar-refractivity contribution is 7.14. The van der Waals surface area contributed by atoms with E-state index < -0.39 is 5.97 Å². The second kappa shape index (κ2) is 3.47. The van der Waals surface area contributed by atoms with Gasteiger partial charge in [-0.3, -0.25) is 0 Å². The maximum atomic E-state index is 10.6. The van der Waals surface area contributed by atoms with E-state index in [0.29, 0.717) is 10.8 Å². The van der Waals surface area contributed by atoms with Crippen LogP contribution in [-0.4, -0.2) is 24.2 Å². The first-order valence-electron chi connectivity index (χ1n) is 4.31. The molecule has 4 heteroatoms. The Morgan fingerprint density at radius 3 is 3.00 bits per heavy atom. The SMILES string of the molecule is O=C(O)c1ccc(C2CCNC2)s1. The highest BCUT2D eigenvalue weighted by Crippen LogP contribution is 2.28. The molecule has 0 spiro atoms. The summed E-state index contributed by atoms with van der Waals surface area (Å²) >= 11 is 1.40. The molecular weight excluding hydrogens is 186 g/mol. The lowest BCUT2D eigenvalue weighted by atomic mass is 10.1. The first-order chi connectivity index (χ1) is 6.27. The van der Waals surface area contributed by atoms with E-state index >= 15 is 0 Å². The Balaban J connectivity index is 2.16. The normalized spacial score (nSPS) is 22.0. The molecule has 0 radical (unpaired) electrons. The van der Waals surface area contributed by atoms with Gasteiger partial charge in [-0.1, -0.05) is 0 Å². The number of nitrogens with one attached hydrogen (secondary N) is 1. The van der Waals surface area contributed by atoms with Crippen LogP contribution in [0.25, 0.3) is 0 Å². The van der Waals surface area contributed by atoms with Gasteiger partial charge in [-0.15, -0.1) is 11.3 Å². The van der Waals surface area contributed by atoms with Crippen molar-refractivity contribution in [3.05, 3.63) is 21.9 Å². The molecule has 0 saturated carbocycles. The minimum Gasteiger partial charge on any atom is -0.477 e. The third kappa shape index (κ3) is 1.73. The summed E-state index contributed by atoms with van der Waals surface area (Å²) in [6.07, 6.45) is 1.12. The average Bonchev–Trinajstić information content (AvgIpc) is 2.75. The Labute approximate surface area is 80.4 Å². The van der Waals surface area contributed by atoms with Gasteiger partial charge >= 0.3 is 5.97 Å². The topological polar surface area (TPSA) is 49.3 Å². The lowest BCUT2D eigenvalue weighted by Crippen LogP contribution is -2.07. The van der Waals surface area contributed by atoms with Crippen molar-refractivity contribution in [1.29, 1.82) is 0 Å². The minimum absolute atomic E-state index is 0.446. The first kappa shape index (κ1) is 8.72. The van der Waals surface area contributed by atoms with E-state index in [0.717, 1.165) is 19.5 Å².